The van der Waals surface area contributed by atoms with Gasteiger partial charge >= 0.3 is 0 Å². The lowest BCUT2D eigenvalue weighted by Crippen LogP contribution is -2.15. The molecule has 0 radical (unpaired) electrons. The van der Waals surface area contributed by atoms with Gasteiger partial charge in [0.2, 0.25) is 0 Å². The van der Waals surface area contributed by atoms with Crippen LogP contribution < -0.4 is 5.56 Å². The fourth-order valence-corrected chi connectivity index (χ4v) is 2.72. The van der Waals surface area contributed by atoms with Crippen molar-refractivity contribution >= 4 is 28.2 Å². The Hall–Kier alpha value is -0.990. The minimum Gasteiger partial charge on any atom is -0.292 e. The third kappa shape index (κ3) is 1.76. The quantitative estimate of drug-likeness (QED) is 0.845. The van der Waals surface area contributed by atoms with Crippen LogP contribution in [0.25, 0.3) is 5.65 Å². The molecule has 0 aromatic carbocycles. The first-order valence-electron chi connectivity index (χ1n) is 5.17. The van der Waals surface area contributed by atoms with Crippen LogP contribution in [0.4, 0.5) is 8.78 Å². The molecular formula is C10H8F2IN3O. The summed E-state index contributed by atoms with van der Waals surface area (Å²) < 4.78 is 27.1. The molecule has 90 valence electrons. The zero-order valence-corrected chi connectivity index (χ0v) is 10.7. The van der Waals surface area contributed by atoms with Gasteiger partial charge in [-0.1, -0.05) is 0 Å². The van der Waals surface area contributed by atoms with E-state index in [0.29, 0.717) is 11.6 Å². The van der Waals surface area contributed by atoms with Crippen LogP contribution in [-0.2, 0) is 0 Å². The van der Waals surface area contributed by atoms with Crippen molar-refractivity contribution in [1.29, 1.82) is 0 Å². The standard InChI is InChI=1S/C10H8F2IN3O/c11-9(12)5-3-6(17)16-10(14-5)7(13)8(15-16)4-1-2-4/h3-4,9,15H,1-2H2. The second-order valence-corrected chi connectivity index (χ2v) is 5.17. The van der Waals surface area contributed by atoms with Gasteiger partial charge in [-0.15, -0.1) is 0 Å². The minimum atomic E-state index is -2.72. The molecule has 1 fully saturated rings. The molecule has 1 aliphatic rings. The molecule has 0 saturated heterocycles. The fourth-order valence-electron chi connectivity index (χ4n) is 1.80. The molecule has 2 heterocycles. The number of halogens is 3. The number of hydrogen-bond donors (Lipinski definition) is 1. The summed E-state index contributed by atoms with van der Waals surface area (Å²) in [5.74, 6) is 0.415. The highest BCUT2D eigenvalue weighted by Crippen LogP contribution is 2.41. The lowest BCUT2D eigenvalue weighted by molar-refractivity contribution is 0.146. The maximum absolute atomic E-state index is 12.6. The van der Waals surface area contributed by atoms with E-state index in [1.165, 1.54) is 4.52 Å². The van der Waals surface area contributed by atoms with Gasteiger partial charge in [0.05, 0.1) is 9.26 Å². The number of H-pyrrole nitrogens is 1. The van der Waals surface area contributed by atoms with E-state index in [0.717, 1.165) is 28.2 Å². The zero-order valence-electron chi connectivity index (χ0n) is 8.58. The molecule has 0 amide bonds. The second kappa shape index (κ2) is 3.76. The van der Waals surface area contributed by atoms with Crippen LogP contribution in [0.1, 0.15) is 36.6 Å². The van der Waals surface area contributed by atoms with E-state index < -0.39 is 17.7 Å². The van der Waals surface area contributed by atoms with Crippen molar-refractivity contribution in [3.8, 4) is 0 Å². The molecule has 1 saturated carbocycles. The molecule has 0 unspecified atom stereocenters. The Morgan fingerprint density at radius 2 is 2.24 bits per heavy atom. The van der Waals surface area contributed by atoms with Gasteiger partial charge in [0.15, 0.2) is 5.65 Å². The Kier molecular flexibility index (Phi) is 2.46. The first-order chi connectivity index (χ1) is 8.08. The summed E-state index contributed by atoms with van der Waals surface area (Å²) in [7, 11) is 0. The first-order valence-corrected chi connectivity index (χ1v) is 6.25. The third-order valence-electron chi connectivity index (χ3n) is 2.81. The molecule has 1 N–H and O–H groups in total. The van der Waals surface area contributed by atoms with Crippen molar-refractivity contribution < 1.29 is 8.78 Å². The summed E-state index contributed by atoms with van der Waals surface area (Å²) >= 11 is 2.05. The molecular weight excluding hydrogens is 343 g/mol. The smallest absolute Gasteiger partial charge is 0.280 e. The van der Waals surface area contributed by atoms with Crippen LogP contribution in [-0.4, -0.2) is 14.6 Å². The van der Waals surface area contributed by atoms with Crippen molar-refractivity contribution in [3.05, 3.63) is 31.4 Å². The van der Waals surface area contributed by atoms with Gasteiger partial charge in [-0.3, -0.25) is 9.89 Å². The van der Waals surface area contributed by atoms with E-state index in [1.54, 1.807) is 0 Å². The van der Waals surface area contributed by atoms with Gasteiger partial charge < -0.3 is 0 Å². The topological polar surface area (TPSA) is 50.2 Å². The van der Waals surface area contributed by atoms with E-state index in [-0.39, 0.29) is 0 Å². The summed E-state index contributed by atoms with van der Waals surface area (Å²) in [5, 5.41) is 2.95. The number of nitrogens with zero attached hydrogens (tertiary/aromatic N) is 2. The second-order valence-electron chi connectivity index (χ2n) is 4.09. The molecule has 3 rings (SSSR count). The summed E-state index contributed by atoms with van der Waals surface area (Å²) in [6.07, 6.45) is -0.582. The van der Waals surface area contributed by atoms with E-state index >= 15 is 0 Å². The van der Waals surface area contributed by atoms with E-state index in [9.17, 15) is 13.6 Å². The molecule has 0 spiro atoms. The Labute approximate surface area is 108 Å². The predicted molar refractivity (Wildman–Crippen MR) is 65.5 cm³/mol. The maximum atomic E-state index is 12.6. The van der Waals surface area contributed by atoms with E-state index in [4.69, 9.17) is 0 Å². The van der Waals surface area contributed by atoms with Gasteiger partial charge in [-0.2, -0.15) is 0 Å². The Morgan fingerprint density at radius 3 is 2.82 bits per heavy atom. The van der Waals surface area contributed by atoms with E-state index in [1.807, 2.05) is 22.6 Å². The van der Waals surface area contributed by atoms with Gasteiger partial charge in [0, 0.05) is 12.0 Å². The number of fused-ring (bicyclic) bond motifs is 1. The summed E-state index contributed by atoms with van der Waals surface area (Å²) in [6, 6.07) is 0.876. The van der Waals surface area contributed by atoms with Gasteiger partial charge in [0.1, 0.15) is 5.69 Å². The predicted octanol–water partition coefficient (Wildman–Crippen LogP) is 2.44. The normalized spacial score (nSPS) is 16.0. The van der Waals surface area contributed by atoms with Crippen LogP contribution >= 0.6 is 22.6 Å². The van der Waals surface area contributed by atoms with Gasteiger partial charge in [-0.05, 0) is 35.4 Å². The molecule has 0 bridgehead atoms. The molecule has 7 heteroatoms. The average molecular weight is 351 g/mol. The van der Waals surface area contributed by atoms with Crippen molar-refractivity contribution in [2.45, 2.75) is 25.2 Å². The van der Waals surface area contributed by atoms with Crippen LogP contribution in [0.15, 0.2) is 10.9 Å². The number of nitrogens with one attached hydrogen (secondary N) is 1. The highest BCUT2D eigenvalue weighted by Gasteiger charge is 2.29. The van der Waals surface area contributed by atoms with Crippen molar-refractivity contribution in [2.75, 3.05) is 0 Å². The number of alkyl halides is 2. The minimum absolute atomic E-state index is 0.301. The fraction of sp³-hybridized carbons (Fsp3) is 0.400. The number of aromatic amines is 1. The summed E-state index contributed by atoms with van der Waals surface area (Å²) in [6.45, 7) is 0. The highest BCUT2D eigenvalue weighted by molar-refractivity contribution is 14.1. The molecule has 2 aromatic heterocycles. The average Bonchev–Trinajstić information content (AvgIpc) is 3.05. The molecule has 2 aromatic rings. The Morgan fingerprint density at radius 1 is 1.53 bits per heavy atom. The van der Waals surface area contributed by atoms with Crippen molar-refractivity contribution in [3.63, 3.8) is 0 Å². The van der Waals surface area contributed by atoms with Crippen LogP contribution in [0, 0.1) is 3.57 Å². The Bertz CT molecular complexity index is 645. The Balaban J connectivity index is 2.29. The molecule has 0 atom stereocenters. The van der Waals surface area contributed by atoms with Crippen molar-refractivity contribution in [2.24, 2.45) is 0 Å². The van der Waals surface area contributed by atoms with Crippen LogP contribution in [0.3, 0.4) is 0 Å². The lowest BCUT2D eigenvalue weighted by atomic mass is 10.3. The molecule has 17 heavy (non-hydrogen) atoms. The zero-order chi connectivity index (χ0) is 12.2. The van der Waals surface area contributed by atoms with Crippen LogP contribution in [0.2, 0.25) is 0 Å². The third-order valence-corrected chi connectivity index (χ3v) is 3.88. The number of hydrogen-bond acceptors (Lipinski definition) is 2. The molecule has 1 aliphatic carbocycles. The summed E-state index contributed by atoms with van der Waals surface area (Å²) in [4.78, 5) is 15.5. The molecule has 0 aliphatic heterocycles. The van der Waals surface area contributed by atoms with Gasteiger partial charge in [-0.25, -0.2) is 18.3 Å². The largest absolute Gasteiger partial charge is 0.292 e. The molecule has 4 nitrogen and oxygen atoms in total. The maximum Gasteiger partial charge on any atom is 0.280 e. The number of aromatic nitrogens is 3. The first kappa shape index (κ1) is 11.1. The summed E-state index contributed by atoms with van der Waals surface area (Å²) in [5.41, 5.74) is 0.279. The van der Waals surface area contributed by atoms with Crippen molar-refractivity contribution in [1.82, 2.24) is 14.6 Å². The lowest BCUT2D eigenvalue weighted by Gasteiger charge is -1.98. The highest BCUT2D eigenvalue weighted by atomic mass is 127. The monoisotopic (exact) mass is 351 g/mol. The van der Waals surface area contributed by atoms with E-state index in [2.05, 4.69) is 10.1 Å². The SMILES string of the molecule is O=c1cc(C(F)F)nc2c(I)c(C3CC3)[nH]n12. The number of rotatable bonds is 2. The van der Waals surface area contributed by atoms with Gasteiger partial charge in [0.25, 0.3) is 12.0 Å². The van der Waals surface area contributed by atoms with Crippen LogP contribution in [0.5, 0.6) is 0 Å².